The minimum absolute atomic E-state index is 0.156. The minimum atomic E-state index is -0.526. The van der Waals surface area contributed by atoms with Crippen LogP contribution in [0.3, 0.4) is 0 Å². The van der Waals surface area contributed by atoms with Crippen molar-refractivity contribution in [1.82, 2.24) is 14.8 Å². The van der Waals surface area contributed by atoms with Gasteiger partial charge < -0.3 is 10.3 Å². The molecule has 2 aliphatic carbocycles. The highest BCUT2D eigenvalue weighted by Gasteiger charge is 2.57. The summed E-state index contributed by atoms with van der Waals surface area (Å²) >= 11 is 0. The minimum Gasteiger partial charge on any atom is -0.342 e. The van der Waals surface area contributed by atoms with E-state index < -0.39 is 5.54 Å². The molecule has 7 heteroatoms. The fourth-order valence-corrected chi connectivity index (χ4v) is 6.11. The highest BCUT2D eigenvalue weighted by Crippen LogP contribution is 2.46. The van der Waals surface area contributed by atoms with Gasteiger partial charge in [-0.1, -0.05) is 24.3 Å². The second-order valence-electron chi connectivity index (χ2n) is 11.5. The van der Waals surface area contributed by atoms with E-state index in [0.29, 0.717) is 18.4 Å². The zero-order valence-corrected chi connectivity index (χ0v) is 21.1. The maximum Gasteiger partial charge on any atom is 0.256 e. The first-order chi connectivity index (χ1) is 17.4. The summed E-state index contributed by atoms with van der Waals surface area (Å²) in [5.74, 6) is 1.87. The molecule has 7 nitrogen and oxygen atoms in total. The van der Waals surface area contributed by atoms with Gasteiger partial charge in [-0.05, 0) is 79.3 Å². The summed E-state index contributed by atoms with van der Waals surface area (Å²) in [6, 6.07) is 13.1. The molecule has 1 N–H and O–H groups in total. The van der Waals surface area contributed by atoms with E-state index in [1.165, 1.54) is 22.4 Å². The Bertz CT molecular complexity index is 1310. The number of nitrogens with zero attached hydrogens (tertiary/aromatic N) is 4. The number of nitrogens with one attached hydrogen (secondary N) is 1. The number of likely N-dealkylation sites (tertiary alicyclic amines) is 1. The molecule has 3 fully saturated rings. The van der Waals surface area contributed by atoms with Gasteiger partial charge in [0, 0.05) is 44.7 Å². The summed E-state index contributed by atoms with van der Waals surface area (Å²) in [4.78, 5) is 35.0. The number of rotatable bonds is 5. The predicted octanol–water partition coefficient (Wildman–Crippen LogP) is 3.81. The number of amides is 2. The molecular formula is C29H33N5O2. The van der Waals surface area contributed by atoms with E-state index in [2.05, 4.69) is 60.8 Å². The SMILES string of the molecule is Cc1cc(-c2ccc3c(c2)CN(C)N3)ccc1C1=NC2(CC2)C(=O)N1C[C@@H]1CCN(C(=O)C2CC2)C1. The van der Waals surface area contributed by atoms with Crippen LogP contribution in [-0.2, 0) is 16.1 Å². The van der Waals surface area contributed by atoms with Gasteiger partial charge in [-0.3, -0.25) is 19.5 Å². The summed E-state index contributed by atoms with van der Waals surface area (Å²) in [5, 5.41) is 2.09. The molecule has 2 aromatic carbocycles. The molecule has 186 valence electrons. The van der Waals surface area contributed by atoms with E-state index in [1.54, 1.807) is 0 Å². The average Bonchev–Trinajstić information content (AvgIpc) is 3.76. The fourth-order valence-electron chi connectivity index (χ4n) is 6.11. The Morgan fingerprint density at radius 3 is 2.64 bits per heavy atom. The van der Waals surface area contributed by atoms with Crippen molar-refractivity contribution in [2.75, 3.05) is 32.1 Å². The van der Waals surface area contributed by atoms with Crippen LogP contribution in [0, 0.1) is 18.8 Å². The van der Waals surface area contributed by atoms with E-state index in [1.807, 2.05) is 9.80 Å². The van der Waals surface area contributed by atoms with Crippen molar-refractivity contribution >= 4 is 23.3 Å². The van der Waals surface area contributed by atoms with Crippen molar-refractivity contribution < 1.29 is 9.59 Å². The Balaban J connectivity index is 1.13. The number of hydrogen-bond acceptors (Lipinski definition) is 5. The van der Waals surface area contributed by atoms with E-state index >= 15 is 0 Å². The molecule has 3 aliphatic heterocycles. The lowest BCUT2D eigenvalue weighted by Gasteiger charge is -2.24. The highest BCUT2D eigenvalue weighted by atomic mass is 16.2. The van der Waals surface area contributed by atoms with Crippen molar-refractivity contribution in [3.63, 3.8) is 0 Å². The van der Waals surface area contributed by atoms with Crippen LogP contribution in [0.4, 0.5) is 5.69 Å². The molecule has 36 heavy (non-hydrogen) atoms. The van der Waals surface area contributed by atoms with E-state index in [0.717, 1.165) is 68.7 Å². The summed E-state index contributed by atoms with van der Waals surface area (Å²) < 4.78 is 0. The van der Waals surface area contributed by atoms with Crippen LogP contribution in [-0.4, -0.2) is 64.7 Å². The average molecular weight is 484 g/mol. The molecule has 2 saturated carbocycles. The first-order valence-electron chi connectivity index (χ1n) is 13.3. The van der Waals surface area contributed by atoms with Gasteiger partial charge in [0.2, 0.25) is 5.91 Å². The molecule has 1 atom stereocenters. The lowest BCUT2D eigenvalue weighted by atomic mass is 9.97. The highest BCUT2D eigenvalue weighted by molar-refractivity contribution is 6.17. The maximum atomic E-state index is 13.5. The molecule has 0 radical (unpaired) electrons. The monoisotopic (exact) mass is 483 g/mol. The van der Waals surface area contributed by atoms with Crippen LogP contribution in [0.1, 0.15) is 48.8 Å². The Labute approximate surface area is 212 Å². The summed E-state index contributed by atoms with van der Waals surface area (Å²) in [6.45, 7) is 5.25. The third kappa shape index (κ3) is 3.63. The smallest absolute Gasteiger partial charge is 0.256 e. The molecule has 0 unspecified atom stereocenters. The van der Waals surface area contributed by atoms with Gasteiger partial charge in [-0.15, -0.1) is 0 Å². The first kappa shape index (κ1) is 22.0. The number of anilines is 1. The molecule has 3 heterocycles. The lowest BCUT2D eigenvalue weighted by molar-refractivity contribution is -0.131. The van der Waals surface area contributed by atoms with Crippen molar-refractivity contribution in [3.05, 3.63) is 53.1 Å². The molecular weight excluding hydrogens is 450 g/mol. The van der Waals surface area contributed by atoms with Gasteiger partial charge in [-0.2, -0.15) is 0 Å². The molecule has 2 amide bonds. The number of benzene rings is 2. The quantitative estimate of drug-likeness (QED) is 0.702. The Kier molecular flexibility index (Phi) is 4.84. The normalized spacial score (nSPS) is 24.3. The standard InChI is InChI=1S/C29H33N5O2/c1-18-13-21(22-6-8-25-23(14-22)17-32(2)31-25)5-7-24(18)26-30-29(10-11-29)28(36)34(26)16-19-9-12-33(15-19)27(35)20-3-4-20/h5-8,13-14,19-20,31H,3-4,9-12,15-17H2,1-2H3/t19-/m1/s1. The van der Waals surface area contributed by atoms with Crippen molar-refractivity contribution in [3.8, 4) is 11.1 Å². The van der Waals surface area contributed by atoms with Crippen LogP contribution >= 0.6 is 0 Å². The molecule has 5 aliphatic rings. The fraction of sp³-hybridized carbons (Fsp3) is 0.483. The van der Waals surface area contributed by atoms with E-state index in [9.17, 15) is 9.59 Å². The van der Waals surface area contributed by atoms with E-state index in [4.69, 9.17) is 4.99 Å². The van der Waals surface area contributed by atoms with Gasteiger partial charge in [0.1, 0.15) is 11.4 Å². The predicted molar refractivity (Wildman–Crippen MR) is 139 cm³/mol. The zero-order chi connectivity index (χ0) is 24.6. The number of amidine groups is 1. The Morgan fingerprint density at radius 2 is 1.89 bits per heavy atom. The van der Waals surface area contributed by atoms with Crippen LogP contribution in [0.5, 0.6) is 0 Å². The molecule has 0 bridgehead atoms. The summed E-state index contributed by atoms with van der Waals surface area (Å²) in [5.41, 5.74) is 9.86. The van der Waals surface area contributed by atoms with Crippen LogP contribution in [0.25, 0.3) is 11.1 Å². The van der Waals surface area contributed by atoms with Gasteiger partial charge in [0.25, 0.3) is 5.91 Å². The maximum absolute atomic E-state index is 13.5. The number of aliphatic imine (C=N–C) groups is 1. The molecule has 1 spiro atoms. The number of carbonyl (C=O) groups is 2. The molecule has 2 aromatic rings. The van der Waals surface area contributed by atoms with Crippen molar-refractivity contribution in [2.45, 2.75) is 51.1 Å². The van der Waals surface area contributed by atoms with Gasteiger partial charge in [0.05, 0.1) is 5.69 Å². The number of carbonyl (C=O) groups excluding carboxylic acids is 2. The molecule has 0 aromatic heterocycles. The van der Waals surface area contributed by atoms with Crippen LogP contribution < -0.4 is 5.43 Å². The van der Waals surface area contributed by atoms with Crippen molar-refractivity contribution in [2.24, 2.45) is 16.8 Å². The summed E-state index contributed by atoms with van der Waals surface area (Å²) in [7, 11) is 2.05. The van der Waals surface area contributed by atoms with Crippen molar-refractivity contribution in [1.29, 1.82) is 0 Å². The molecule has 7 rings (SSSR count). The number of fused-ring (bicyclic) bond motifs is 1. The topological polar surface area (TPSA) is 68.2 Å². The second-order valence-corrected chi connectivity index (χ2v) is 11.5. The van der Waals surface area contributed by atoms with E-state index in [-0.39, 0.29) is 11.8 Å². The Morgan fingerprint density at radius 1 is 1.11 bits per heavy atom. The molecule has 1 saturated heterocycles. The third-order valence-electron chi connectivity index (χ3n) is 8.53. The second kappa shape index (κ2) is 7.90. The van der Waals surface area contributed by atoms with Crippen LogP contribution in [0.15, 0.2) is 41.4 Å². The van der Waals surface area contributed by atoms with Gasteiger partial charge >= 0.3 is 0 Å². The summed E-state index contributed by atoms with van der Waals surface area (Å²) in [6.07, 6.45) is 4.73. The number of hydrogen-bond donors (Lipinski definition) is 1. The van der Waals surface area contributed by atoms with Gasteiger partial charge in [0.15, 0.2) is 0 Å². The number of aryl methyl sites for hydroxylation is 1. The largest absolute Gasteiger partial charge is 0.342 e. The Hall–Kier alpha value is -3.19. The number of hydrazine groups is 1. The van der Waals surface area contributed by atoms with Crippen LogP contribution in [0.2, 0.25) is 0 Å². The van der Waals surface area contributed by atoms with Gasteiger partial charge in [-0.25, -0.2) is 5.01 Å². The lowest BCUT2D eigenvalue weighted by Crippen LogP contribution is -2.41. The third-order valence-corrected chi connectivity index (χ3v) is 8.53. The first-order valence-corrected chi connectivity index (χ1v) is 13.3. The zero-order valence-electron chi connectivity index (χ0n) is 21.1.